The molecule has 0 aliphatic rings. The maximum atomic E-state index is 13.6. The molecule has 36 heavy (non-hydrogen) atoms. The Morgan fingerprint density at radius 3 is 2.25 bits per heavy atom. The van der Waals surface area contributed by atoms with Crippen LogP contribution in [0.3, 0.4) is 0 Å². The number of nitrogens with zero attached hydrogens (tertiary/aromatic N) is 1. The van der Waals surface area contributed by atoms with E-state index in [1.165, 1.54) is 12.1 Å². The highest BCUT2D eigenvalue weighted by Crippen LogP contribution is 2.32. The number of carbonyl (C=O) groups is 2. The molecule has 0 unspecified atom stereocenters. The van der Waals surface area contributed by atoms with Crippen LogP contribution in [-0.4, -0.2) is 39.9 Å². The molecular weight excluding hydrogens is 478 g/mol. The molecule has 0 saturated carbocycles. The van der Waals surface area contributed by atoms with Crippen molar-refractivity contribution in [3.05, 3.63) is 84.4 Å². The summed E-state index contributed by atoms with van der Waals surface area (Å²) in [6, 6.07) is 21.1. The molecule has 8 nitrogen and oxygen atoms in total. The lowest BCUT2D eigenvalue weighted by molar-refractivity contribution is -0.114. The third kappa shape index (κ3) is 6.63. The lowest BCUT2D eigenvalue weighted by Gasteiger charge is -2.26. The average Bonchev–Trinajstić information content (AvgIpc) is 2.87. The fourth-order valence-electron chi connectivity index (χ4n) is 3.46. The Hall–Kier alpha value is -3.85. The zero-order valence-electron chi connectivity index (χ0n) is 20.6. The zero-order valence-corrected chi connectivity index (χ0v) is 21.4. The average molecular weight is 510 g/mol. The van der Waals surface area contributed by atoms with Crippen molar-refractivity contribution < 1.29 is 22.7 Å². The predicted molar refractivity (Wildman–Crippen MR) is 141 cm³/mol. The van der Waals surface area contributed by atoms with E-state index in [4.69, 9.17) is 4.74 Å². The number of anilines is 2. The highest BCUT2D eigenvalue weighted by Gasteiger charge is 2.29. The van der Waals surface area contributed by atoms with Crippen LogP contribution in [0.2, 0.25) is 0 Å². The Morgan fingerprint density at radius 2 is 1.56 bits per heavy atom. The molecule has 2 N–H and O–H groups in total. The number of benzene rings is 3. The third-order valence-electron chi connectivity index (χ3n) is 5.17. The van der Waals surface area contributed by atoms with Gasteiger partial charge in [0.25, 0.3) is 15.9 Å². The van der Waals surface area contributed by atoms with Gasteiger partial charge >= 0.3 is 0 Å². The summed E-state index contributed by atoms with van der Waals surface area (Å²) < 4.78 is 33.9. The summed E-state index contributed by atoms with van der Waals surface area (Å²) in [5.74, 6) is -0.335. The van der Waals surface area contributed by atoms with E-state index in [1.807, 2.05) is 13.8 Å². The number of carbonyl (C=O) groups excluding carboxylic acids is 2. The number of nitrogens with one attached hydrogen (secondary N) is 2. The van der Waals surface area contributed by atoms with Crippen LogP contribution in [0.15, 0.2) is 83.8 Å². The fourth-order valence-corrected chi connectivity index (χ4v) is 4.91. The third-order valence-corrected chi connectivity index (χ3v) is 6.94. The quantitative estimate of drug-likeness (QED) is 0.401. The molecular formula is C27H31N3O5S. The van der Waals surface area contributed by atoms with Gasteiger partial charge in [-0.2, -0.15) is 0 Å². The van der Waals surface area contributed by atoms with Crippen LogP contribution < -0.4 is 19.7 Å². The molecule has 0 atom stereocenters. The van der Waals surface area contributed by atoms with Gasteiger partial charge in [0.15, 0.2) is 0 Å². The van der Waals surface area contributed by atoms with Crippen LogP contribution in [0.25, 0.3) is 0 Å². The van der Waals surface area contributed by atoms with Gasteiger partial charge in [-0.25, -0.2) is 8.42 Å². The number of hydrogen-bond acceptors (Lipinski definition) is 5. The Kier molecular flexibility index (Phi) is 9.08. The van der Waals surface area contributed by atoms with Crippen molar-refractivity contribution in [3.8, 4) is 5.75 Å². The Bertz CT molecular complexity index is 1290. The van der Waals surface area contributed by atoms with E-state index in [0.717, 1.165) is 4.31 Å². The minimum Gasteiger partial charge on any atom is -0.492 e. The molecule has 0 aromatic heterocycles. The van der Waals surface area contributed by atoms with Crippen LogP contribution in [0.4, 0.5) is 11.4 Å². The van der Waals surface area contributed by atoms with Gasteiger partial charge in [-0.1, -0.05) is 56.3 Å². The molecule has 3 aromatic carbocycles. The largest absolute Gasteiger partial charge is 0.492 e. The van der Waals surface area contributed by atoms with Crippen molar-refractivity contribution in [2.24, 2.45) is 5.92 Å². The molecule has 0 aliphatic heterocycles. The Labute approximate surface area is 212 Å². The number of ether oxygens (including phenoxy) is 1. The van der Waals surface area contributed by atoms with Crippen LogP contribution >= 0.6 is 0 Å². The monoisotopic (exact) mass is 509 g/mol. The molecule has 190 valence electrons. The number of amides is 2. The minimum absolute atomic E-state index is 0.0394. The van der Waals surface area contributed by atoms with Gasteiger partial charge < -0.3 is 15.4 Å². The summed E-state index contributed by atoms with van der Waals surface area (Å²) in [7, 11) is -4.11. The fraction of sp³-hybridized carbons (Fsp3) is 0.259. The molecule has 3 rings (SSSR count). The summed E-state index contributed by atoms with van der Waals surface area (Å²) in [5, 5.41) is 5.54. The topological polar surface area (TPSA) is 105 Å². The highest BCUT2D eigenvalue weighted by molar-refractivity contribution is 7.92. The van der Waals surface area contributed by atoms with Crippen LogP contribution in [0.5, 0.6) is 5.75 Å². The predicted octanol–water partition coefficient (Wildman–Crippen LogP) is 4.31. The minimum atomic E-state index is -4.11. The Balaban J connectivity index is 1.94. The van der Waals surface area contributed by atoms with Gasteiger partial charge in [0.1, 0.15) is 12.3 Å². The van der Waals surface area contributed by atoms with Gasteiger partial charge in [0.05, 0.1) is 28.4 Å². The summed E-state index contributed by atoms with van der Waals surface area (Å²) in [6.45, 7) is 6.04. The summed E-state index contributed by atoms with van der Waals surface area (Å²) in [4.78, 5) is 25.9. The smallest absolute Gasteiger partial charge is 0.264 e. The first kappa shape index (κ1) is 26.7. The van der Waals surface area contributed by atoms with Crippen molar-refractivity contribution >= 4 is 33.2 Å². The van der Waals surface area contributed by atoms with E-state index in [2.05, 4.69) is 10.6 Å². The van der Waals surface area contributed by atoms with Crippen molar-refractivity contribution in [3.63, 3.8) is 0 Å². The molecule has 9 heteroatoms. The van der Waals surface area contributed by atoms with Gasteiger partial charge in [0.2, 0.25) is 5.91 Å². The van der Waals surface area contributed by atoms with E-state index in [-0.39, 0.29) is 22.4 Å². The van der Waals surface area contributed by atoms with Crippen molar-refractivity contribution in [1.82, 2.24) is 5.32 Å². The lowest BCUT2D eigenvalue weighted by Crippen LogP contribution is -2.38. The first-order valence-corrected chi connectivity index (χ1v) is 13.1. The van der Waals surface area contributed by atoms with Crippen LogP contribution in [-0.2, 0) is 14.8 Å². The van der Waals surface area contributed by atoms with E-state index < -0.39 is 22.5 Å². The van der Waals surface area contributed by atoms with Gasteiger partial charge in [-0.15, -0.1) is 0 Å². The second-order valence-corrected chi connectivity index (χ2v) is 10.3. The van der Waals surface area contributed by atoms with E-state index in [1.54, 1.807) is 73.7 Å². The molecule has 0 radical (unpaired) electrons. The second-order valence-electron chi connectivity index (χ2n) is 8.42. The first-order valence-electron chi connectivity index (χ1n) is 11.7. The van der Waals surface area contributed by atoms with Gasteiger partial charge in [-0.3, -0.25) is 13.9 Å². The lowest BCUT2D eigenvalue weighted by atomic mass is 10.1. The summed E-state index contributed by atoms with van der Waals surface area (Å²) in [5.41, 5.74) is 0.818. The molecule has 0 heterocycles. The van der Waals surface area contributed by atoms with E-state index in [0.29, 0.717) is 30.2 Å². The maximum Gasteiger partial charge on any atom is 0.264 e. The van der Waals surface area contributed by atoms with Crippen molar-refractivity contribution in [2.45, 2.75) is 25.7 Å². The number of sulfonamides is 1. The van der Waals surface area contributed by atoms with E-state index in [9.17, 15) is 18.0 Å². The molecule has 0 aliphatic carbocycles. The van der Waals surface area contributed by atoms with Crippen LogP contribution in [0.1, 0.15) is 31.1 Å². The molecule has 0 bridgehead atoms. The summed E-state index contributed by atoms with van der Waals surface area (Å²) >= 11 is 0. The number of hydrogen-bond donors (Lipinski definition) is 2. The second kappa shape index (κ2) is 12.2. The van der Waals surface area contributed by atoms with Crippen molar-refractivity contribution in [1.29, 1.82) is 0 Å². The van der Waals surface area contributed by atoms with Crippen LogP contribution in [0, 0.1) is 5.92 Å². The van der Waals surface area contributed by atoms with E-state index >= 15 is 0 Å². The Morgan fingerprint density at radius 1 is 0.917 bits per heavy atom. The molecule has 0 saturated heterocycles. The molecule has 3 aromatic rings. The number of para-hydroxylation sites is 3. The molecule has 2 amide bonds. The number of rotatable bonds is 11. The SMILES string of the molecule is CCOc1ccccc1N(CC(=O)Nc1ccccc1C(=O)NCC(C)C)S(=O)(=O)c1ccccc1. The molecule has 0 fully saturated rings. The van der Waals surface area contributed by atoms with Crippen molar-refractivity contribution in [2.75, 3.05) is 29.3 Å². The van der Waals surface area contributed by atoms with Gasteiger partial charge in [0, 0.05) is 6.54 Å². The zero-order chi connectivity index (χ0) is 26.1. The standard InChI is InChI=1S/C27H31N3O5S/c1-4-35-25-17-11-10-16-24(25)30(36(33,34)21-12-6-5-7-13-21)19-26(31)29-23-15-9-8-14-22(23)27(32)28-18-20(2)3/h5-17,20H,4,18-19H2,1-3H3,(H,28,32)(H,29,31). The van der Waals surface area contributed by atoms with Gasteiger partial charge in [-0.05, 0) is 49.2 Å². The normalized spacial score (nSPS) is 11.1. The maximum absolute atomic E-state index is 13.6. The first-order chi connectivity index (χ1) is 17.2. The highest BCUT2D eigenvalue weighted by atomic mass is 32.2. The molecule has 0 spiro atoms. The summed E-state index contributed by atoms with van der Waals surface area (Å²) in [6.07, 6.45) is 0.